The first-order chi connectivity index (χ1) is 16.9. The predicted molar refractivity (Wildman–Crippen MR) is 132 cm³/mol. The van der Waals surface area contributed by atoms with Crippen molar-refractivity contribution in [2.24, 2.45) is 0 Å². The third-order valence-corrected chi connectivity index (χ3v) is 5.73. The summed E-state index contributed by atoms with van der Waals surface area (Å²) >= 11 is 5.85. The monoisotopic (exact) mass is 499 g/mol. The van der Waals surface area contributed by atoms with Crippen molar-refractivity contribution < 1.29 is 18.4 Å². The first-order valence-corrected chi connectivity index (χ1v) is 11.5. The molecule has 35 heavy (non-hydrogen) atoms. The number of hydrogen-bond acceptors (Lipinski definition) is 4. The van der Waals surface area contributed by atoms with Crippen molar-refractivity contribution in [2.45, 2.75) is 18.9 Å². The quantitative estimate of drug-likeness (QED) is 0.344. The van der Waals surface area contributed by atoms with Gasteiger partial charge < -0.3 is 21.4 Å². The number of urea groups is 1. The maximum atomic E-state index is 14.8. The van der Waals surface area contributed by atoms with Gasteiger partial charge in [0.1, 0.15) is 17.7 Å². The first kappa shape index (κ1) is 24.4. The third kappa shape index (κ3) is 6.46. The molecule has 1 atom stereocenters. The average molecular weight is 500 g/mol. The number of benzene rings is 3. The van der Waals surface area contributed by atoms with Crippen molar-refractivity contribution in [3.63, 3.8) is 0 Å². The molecule has 182 valence electrons. The SMILES string of the molecule is O=C(Nc1ccc(Cl)cc1)NC(C(=O)Nc1ccc(NN2CCCC2)cc1F)c1ccccc1F. The summed E-state index contributed by atoms with van der Waals surface area (Å²) < 4.78 is 29.3. The third-order valence-electron chi connectivity index (χ3n) is 5.48. The highest BCUT2D eigenvalue weighted by molar-refractivity contribution is 6.30. The zero-order valence-corrected chi connectivity index (χ0v) is 19.4. The van der Waals surface area contributed by atoms with Crippen LogP contribution in [0.5, 0.6) is 0 Å². The molecule has 3 aromatic carbocycles. The van der Waals surface area contributed by atoms with Gasteiger partial charge in [0.15, 0.2) is 0 Å². The van der Waals surface area contributed by atoms with E-state index in [1.807, 2.05) is 5.01 Å². The summed E-state index contributed by atoms with van der Waals surface area (Å²) in [5.74, 6) is -2.16. The summed E-state index contributed by atoms with van der Waals surface area (Å²) in [4.78, 5) is 25.7. The van der Waals surface area contributed by atoms with Gasteiger partial charge in [-0.2, -0.15) is 0 Å². The van der Waals surface area contributed by atoms with Crippen LogP contribution in [0.2, 0.25) is 5.02 Å². The van der Waals surface area contributed by atoms with Gasteiger partial charge >= 0.3 is 6.03 Å². The van der Waals surface area contributed by atoms with Crippen molar-refractivity contribution in [2.75, 3.05) is 29.1 Å². The molecule has 1 aliphatic heterocycles. The van der Waals surface area contributed by atoms with Crippen molar-refractivity contribution in [1.29, 1.82) is 0 Å². The molecular weight excluding hydrogens is 476 g/mol. The molecule has 1 saturated heterocycles. The summed E-state index contributed by atoms with van der Waals surface area (Å²) in [5, 5.41) is 9.95. The lowest BCUT2D eigenvalue weighted by atomic mass is 10.1. The minimum atomic E-state index is -1.43. The summed E-state index contributed by atoms with van der Waals surface area (Å²) in [6.45, 7) is 1.74. The van der Waals surface area contributed by atoms with Gasteiger partial charge in [0, 0.05) is 35.4 Å². The lowest BCUT2D eigenvalue weighted by Crippen LogP contribution is -2.39. The number of nitrogens with one attached hydrogen (secondary N) is 4. The van der Waals surface area contributed by atoms with Crippen LogP contribution < -0.4 is 21.4 Å². The molecule has 7 nitrogen and oxygen atoms in total. The number of anilines is 3. The lowest BCUT2D eigenvalue weighted by molar-refractivity contribution is -0.118. The van der Waals surface area contributed by atoms with Crippen LogP contribution in [-0.2, 0) is 4.79 Å². The fourth-order valence-corrected chi connectivity index (χ4v) is 3.85. The molecule has 4 rings (SSSR count). The van der Waals surface area contributed by atoms with E-state index in [-0.39, 0.29) is 11.3 Å². The Kier molecular flexibility index (Phi) is 7.79. The first-order valence-electron chi connectivity index (χ1n) is 11.1. The molecule has 0 saturated carbocycles. The minimum Gasteiger partial charge on any atom is -0.322 e. The Morgan fingerprint density at radius 3 is 2.23 bits per heavy atom. The highest BCUT2D eigenvalue weighted by Gasteiger charge is 2.26. The predicted octanol–water partition coefficient (Wildman–Crippen LogP) is 5.54. The molecule has 1 unspecified atom stereocenters. The Hall–Kier alpha value is -3.69. The van der Waals surface area contributed by atoms with E-state index in [9.17, 15) is 18.4 Å². The molecule has 0 aromatic heterocycles. The van der Waals surface area contributed by atoms with Gasteiger partial charge in [-0.3, -0.25) is 4.79 Å². The van der Waals surface area contributed by atoms with E-state index in [4.69, 9.17) is 11.6 Å². The number of halogens is 3. The zero-order chi connectivity index (χ0) is 24.8. The summed E-state index contributed by atoms with van der Waals surface area (Å²) in [6.07, 6.45) is 2.14. The highest BCUT2D eigenvalue weighted by atomic mass is 35.5. The van der Waals surface area contributed by atoms with Gasteiger partial charge in [-0.15, -0.1) is 0 Å². The Labute approximate surface area is 206 Å². The van der Waals surface area contributed by atoms with E-state index in [2.05, 4.69) is 21.4 Å². The van der Waals surface area contributed by atoms with E-state index < -0.39 is 29.6 Å². The fourth-order valence-electron chi connectivity index (χ4n) is 3.73. The van der Waals surface area contributed by atoms with Gasteiger partial charge in [-0.05, 0) is 55.3 Å². The van der Waals surface area contributed by atoms with Gasteiger partial charge in [0.05, 0.1) is 11.4 Å². The van der Waals surface area contributed by atoms with Gasteiger partial charge in [-0.25, -0.2) is 18.6 Å². The van der Waals surface area contributed by atoms with Crippen LogP contribution in [0.1, 0.15) is 24.4 Å². The van der Waals surface area contributed by atoms with Crippen molar-refractivity contribution in [1.82, 2.24) is 10.3 Å². The maximum absolute atomic E-state index is 14.8. The number of amides is 3. The molecule has 3 amide bonds. The van der Waals surface area contributed by atoms with Crippen LogP contribution in [0.4, 0.5) is 30.6 Å². The molecule has 1 fully saturated rings. The number of carbonyl (C=O) groups excluding carboxylic acids is 2. The second-order valence-electron chi connectivity index (χ2n) is 8.05. The molecule has 0 bridgehead atoms. The van der Waals surface area contributed by atoms with Crippen molar-refractivity contribution >= 4 is 40.6 Å². The standard InChI is InChI=1S/C25H24ClF2N5O2/c26-16-7-9-17(10-8-16)29-25(35)31-23(19-5-1-2-6-20(19)27)24(34)30-22-12-11-18(15-21(22)28)32-33-13-3-4-14-33/h1-2,5-12,15,23,32H,3-4,13-14H2,(H,30,34)(H2,29,31,35). The minimum absolute atomic E-state index is 0.0658. The highest BCUT2D eigenvalue weighted by Crippen LogP contribution is 2.24. The molecule has 1 heterocycles. The van der Waals surface area contributed by atoms with Crippen molar-refractivity contribution in [3.05, 3.63) is 89.0 Å². The van der Waals surface area contributed by atoms with E-state index in [0.717, 1.165) is 25.9 Å². The zero-order valence-electron chi connectivity index (χ0n) is 18.7. The summed E-state index contributed by atoms with van der Waals surface area (Å²) in [5.41, 5.74) is 3.94. The van der Waals surface area contributed by atoms with Gasteiger partial charge in [-0.1, -0.05) is 29.8 Å². The van der Waals surface area contributed by atoms with E-state index in [1.165, 1.54) is 36.4 Å². The number of nitrogens with zero attached hydrogens (tertiary/aromatic N) is 1. The van der Waals surface area contributed by atoms with Crippen LogP contribution in [0.3, 0.4) is 0 Å². The largest absolute Gasteiger partial charge is 0.322 e. The fraction of sp³-hybridized carbons (Fsp3) is 0.200. The molecule has 0 aliphatic carbocycles. The van der Waals surface area contributed by atoms with E-state index in [0.29, 0.717) is 16.4 Å². The molecule has 4 N–H and O–H groups in total. The molecular formula is C25H24ClF2N5O2. The molecule has 0 radical (unpaired) electrons. The summed E-state index contributed by atoms with van der Waals surface area (Å²) in [7, 11) is 0. The van der Waals surface area contributed by atoms with Crippen LogP contribution in [0, 0.1) is 11.6 Å². The van der Waals surface area contributed by atoms with Crippen LogP contribution in [-0.4, -0.2) is 30.0 Å². The van der Waals surface area contributed by atoms with E-state index in [1.54, 1.807) is 30.3 Å². The second-order valence-corrected chi connectivity index (χ2v) is 8.49. The normalized spacial score (nSPS) is 14.3. The van der Waals surface area contributed by atoms with Crippen LogP contribution in [0.15, 0.2) is 66.7 Å². The topological polar surface area (TPSA) is 85.5 Å². The Morgan fingerprint density at radius 1 is 0.857 bits per heavy atom. The maximum Gasteiger partial charge on any atom is 0.320 e. The molecule has 3 aromatic rings. The molecule has 1 aliphatic rings. The molecule has 0 spiro atoms. The summed E-state index contributed by atoms with van der Waals surface area (Å²) in [6, 6.07) is 14.0. The van der Waals surface area contributed by atoms with Crippen molar-refractivity contribution in [3.8, 4) is 0 Å². The Balaban J connectivity index is 1.49. The second kappa shape index (κ2) is 11.2. The molecule has 10 heteroatoms. The number of hydrazine groups is 1. The van der Waals surface area contributed by atoms with Crippen LogP contribution >= 0.6 is 11.6 Å². The van der Waals surface area contributed by atoms with Crippen LogP contribution in [0.25, 0.3) is 0 Å². The number of carbonyl (C=O) groups is 2. The smallest absolute Gasteiger partial charge is 0.320 e. The van der Waals surface area contributed by atoms with Gasteiger partial charge in [0.25, 0.3) is 5.91 Å². The van der Waals surface area contributed by atoms with E-state index >= 15 is 0 Å². The number of hydrogen-bond donors (Lipinski definition) is 4. The lowest BCUT2D eigenvalue weighted by Gasteiger charge is -2.21. The number of rotatable bonds is 7. The average Bonchev–Trinajstić information content (AvgIpc) is 3.34. The van der Waals surface area contributed by atoms with Gasteiger partial charge in [0.2, 0.25) is 0 Å². The Morgan fingerprint density at radius 2 is 1.54 bits per heavy atom. The Bertz CT molecular complexity index is 1200.